The highest BCUT2D eigenvalue weighted by Crippen LogP contribution is 2.37. The van der Waals surface area contributed by atoms with Crippen LogP contribution in [-0.4, -0.2) is 56.0 Å². The van der Waals surface area contributed by atoms with Crippen LogP contribution in [0, 0.1) is 5.82 Å². The maximum absolute atomic E-state index is 15.2. The van der Waals surface area contributed by atoms with Gasteiger partial charge in [0.1, 0.15) is 29.6 Å². The van der Waals surface area contributed by atoms with E-state index in [0.717, 1.165) is 22.1 Å². The van der Waals surface area contributed by atoms with Crippen molar-refractivity contribution in [1.82, 2.24) is 25.1 Å². The highest BCUT2D eigenvalue weighted by molar-refractivity contribution is 6.00. The molecule has 0 radical (unpaired) electrons. The molecule has 5 rings (SSSR count). The summed E-state index contributed by atoms with van der Waals surface area (Å²) in [6.07, 6.45) is 2.54. The van der Waals surface area contributed by atoms with Crippen LogP contribution in [0.15, 0.2) is 60.9 Å². The maximum atomic E-state index is 15.2. The number of ether oxygens (including phenoxy) is 2. The number of halogens is 1. The molecule has 1 fully saturated rings. The van der Waals surface area contributed by atoms with E-state index in [1.807, 2.05) is 57.2 Å². The molecule has 0 unspecified atom stereocenters. The molecule has 0 N–H and O–H groups in total. The van der Waals surface area contributed by atoms with Gasteiger partial charge in [-0.1, -0.05) is 24.3 Å². The number of nitrogens with zero attached hydrogens (tertiary/aromatic N) is 5. The number of fused-ring (bicyclic) bond motifs is 1. The van der Waals surface area contributed by atoms with Gasteiger partial charge < -0.3 is 14.4 Å². The summed E-state index contributed by atoms with van der Waals surface area (Å²) in [5.74, 6) is 0.382. The topological polar surface area (TPSA) is 82.4 Å². The molecule has 0 bridgehead atoms. The smallest absolute Gasteiger partial charge is 0.410 e. The first-order valence-corrected chi connectivity index (χ1v) is 12.0. The van der Waals surface area contributed by atoms with Crippen molar-refractivity contribution < 1.29 is 18.7 Å². The Kier molecular flexibility index (Phi) is 6.30. The van der Waals surface area contributed by atoms with Crippen LogP contribution < -0.4 is 4.74 Å². The Morgan fingerprint density at radius 2 is 1.72 bits per heavy atom. The van der Waals surface area contributed by atoms with Crippen molar-refractivity contribution in [3.8, 4) is 22.6 Å². The van der Waals surface area contributed by atoms with Crippen molar-refractivity contribution in [1.29, 1.82) is 0 Å². The SMILES string of the molecule is CC(C)(C)OC(=O)N1CCC(Oc2ccc(-c3ccc(-n4cnnn4)cc3F)c3ccccc23)CC1. The Labute approximate surface area is 208 Å². The van der Waals surface area contributed by atoms with Gasteiger partial charge in [-0.25, -0.2) is 13.9 Å². The van der Waals surface area contributed by atoms with Gasteiger partial charge in [0, 0.05) is 42.9 Å². The summed E-state index contributed by atoms with van der Waals surface area (Å²) >= 11 is 0. The predicted molar refractivity (Wildman–Crippen MR) is 134 cm³/mol. The van der Waals surface area contributed by atoms with E-state index in [-0.39, 0.29) is 18.0 Å². The molecule has 186 valence electrons. The van der Waals surface area contributed by atoms with Crippen molar-refractivity contribution in [2.75, 3.05) is 13.1 Å². The number of amides is 1. The van der Waals surface area contributed by atoms with Crippen molar-refractivity contribution in [2.24, 2.45) is 0 Å². The summed E-state index contributed by atoms with van der Waals surface area (Å²) in [7, 11) is 0. The van der Waals surface area contributed by atoms with Gasteiger partial charge in [0.05, 0.1) is 5.69 Å². The number of hydrogen-bond acceptors (Lipinski definition) is 6. The minimum Gasteiger partial charge on any atom is -0.490 e. The highest BCUT2D eigenvalue weighted by atomic mass is 19.1. The van der Waals surface area contributed by atoms with E-state index in [1.54, 1.807) is 17.0 Å². The van der Waals surface area contributed by atoms with Gasteiger partial charge in [-0.05, 0) is 66.4 Å². The van der Waals surface area contributed by atoms with E-state index in [9.17, 15) is 4.79 Å². The summed E-state index contributed by atoms with van der Waals surface area (Å²) in [6.45, 7) is 6.75. The number of rotatable bonds is 4. The molecule has 0 saturated carbocycles. The lowest BCUT2D eigenvalue weighted by atomic mass is 9.97. The second-order valence-electron chi connectivity index (χ2n) is 9.86. The Hall–Kier alpha value is -4.01. The number of tetrazole rings is 1. The first-order chi connectivity index (χ1) is 17.3. The molecule has 0 atom stereocenters. The number of piperidine rings is 1. The fraction of sp³-hybridized carbons (Fsp3) is 0.333. The molecule has 1 amide bonds. The van der Waals surface area contributed by atoms with Gasteiger partial charge in [0.2, 0.25) is 0 Å². The lowest BCUT2D eigenvalue weighted by Crippen LogP contribution is -2.44. The normalized spacial score (nSPS) is 14.7. The van der Waals surface area contributed by atoms with Crippen LogP contribution in [0.2, 0.25) is 0 Å². The van der Waals surface area contributed by atoms with Gasteiger partial charge in [0.25, 0.3) is 0 Å². The van der Waals surface area contributed by atoms with Crippen molar-refractivity contribution in [3.63, 3.8) is 0 Å². The van der Waals surface area contributed by atoms with E-state index in [4.69, 9.17) is 9.47 Å². The van der Waals surface area contributed by atoms with E-state index in [0.29, 0.717) is 37.2 Å². The standard InChI is InChI=1S/C27H28FN5O3/c1-27(2,3)36-26(34)32-14-12-19(13-15-32)35-25-11-10-21(20-6-4-5-7-23(20)25)22-9-8-18(16-24(22)28)33-17-29-30-31-33/h4-11,16-17,19H,12-15H2,1-3H3. The quantitative estimate of drug-likeness (QED) is 0.382. The van der Waals surface area contributed by atoms with Gasteiger partial charge >= 0.3 is 6.09 Å². The summed E-state index contributed by atoms with van der Waals surface area (Å²) in [4.78, 5) is 14.1. The zero-order valence-electron chi connectivity index (χ0n) is 20.5. The molecule has 9 heteroatoms. The van der Waals surface area contributed by atoms with E-state index < -0.39 is 5.60 Å². The number of aromatic nitrogens is 4. The summed E-state index contributed by atoms with van der Waals surface area (Å²) in [5, 5.41) is 12.8. The predicted octanol–water partition coefficient (Wildman–Crippen LogP) is 5.40. The molecule has 1 aliphatic rings. The minimum absolute atomic E-state index is 0.0229. The number of carbonyl (C=O) groups is 1. The molecule has 1 saturated heterocycles. The van der Waals surface area contributed by atoms with Crippen LogP contribution >= 0.6 is 0 Å². The summed E-state index contributed by atoms with van der Waals surface area (Å²) in [5.41, 5.74) is 1.29. The molecular weight excluding hydrogens is 461 g/mol. The lowest BCUT2D eigenvalue weighted by Gasteiger charge is -2.33. The number of carbonyl (C=O) groups excluding carboxylic acids is 1. The van der Waals surface area contributed by atoms with Gasteiger partial charge in [-0.2, -0.15) is 0 Å². The molecule has 2 heterocycles. The third kappa shape index (κ3) is 5.00. The van der Waals surface area contributed by atoms with Crippen molar-refractivity contribution >= 4 is 16.9 Å². The first-order valence-electron chi connectivity index (χ1n) is 12.0. The van der Waals surface area contributed by atoms with E-state index in [2.05, 4.69) is 15.5 Å². The van der Waals surface area contributed by atoms with Crippen LogP contribution in [0.3, 0.4) is 0 Å². The second-order valence-corrected chi connectivity index (χ2v) is 9.86. The van der Waals surface area contributed by atoms with Gasteiger partial charge in [0.15, 0.2) is 0 Å². The number of likely N-dealkylation sites (tertiary alicyclic amines) is 1. The van der Waals surface area contributed by atoms with E-state index >= 15 is 4.39 Å². The van der Waals surface area contributed by atoms with Crippen LogP contribution in [-0.2, 0) is 4.74 Å². The summed E-state index contributed by atoms with van der Waals surface area (Å²) < 4.78 is 28.5. The minimum atomic E-state index is -0.515. The molecule has 8 nitrogen and oxygen atoms in total. The number of hydrogen-bond donors (Lipinski definition) is 0. The first kappa shape index (κ1) is 23.7. The Morgan fingerprint density at radius 3 is 2.39 bits per heavy atom. The highest BCUT2D eigenvalue weighted by Gasteiger charge is 2.28. The van der Waals surface area contributed by atoms with Crippen LogP contribution in [0.5, 0.6) is 5.75 Å². The third-order valence-electron chi connectivity index (χ3n) is 6.13. The molecule has 1 aliphatic heterocycles. The molecular formula is C27H28FN5O3. The molecule has 36 heavy (non-hydrogen) atoms. The molecule has 3 aromatic carbocycles. The zero-order valence-corrected chi connectivity index (χ0v) is 20.5. The van der Waals surface area contributed by atoms with Gasteiger partial charge in [-0.15, -0.1) is 5.10 Å². The Balaban J connectivity index is 1.35. The van der Waals surface area contributed by atoms with Crippen LogP contribution in [0.1, 0.15) is 33.6 Å². The maximum Gasteiger partial charge on any atom is 0.410 e. The van der Waals surface area contributed by atoms with Crippen LogP contribution in [0.25, 0.3) is 27.6 Å². The third-order valence-corrected chi connectivity index (χ3v) is 6.13. The lowest BCUT2D eigenvalue weighted by molar-refractivity contribution is 0.0128. The van der Waals surface area contributed by atoms with Crippen LogP contribution in [0.4, 0.5) is 9.18 Å². The largest absolute Gasteiger partial charge is 0.490 e. The monoisotopic (exact) mass is 489 g/mol. The Bertz CT molecular complexity index is 1380. The molecule has 0 spiro atoms. The summed E-state index contributed by atoms with van der Waals surface area (Å²) in [6, 6.07) is 16.6. The van der Waals surface area contributed by atoms with Gasteiger partial charge in [-0.3, -0.25) is 0 Å². The van der Waals surface area contributed by atoms with E-state index in [1.165, 1.54) is 17.1 Å². The average Bonchev–Trinajstić information content (AvgIpc) is 3.39. The fourth-order valence-corrected chi connectivity index (χ4v) is 4.42. The Morgan fingerprint density at radius 1 is 1.00 bits per heavy atom. The average molecular weight is 490 g/mol. The number of benzene rings is 3. The molecule has 1 aromatic heterocycles. The second kappa shape index (κ2) is 9.56. The van der Waals surface area contributed by atoms with Crippen molar-refractivity contribution in [2.45, 2.75) is 45.3 Å². The van der Waals surface area contributed by atoms with Crippen molar-refractivity contribution in [3.05, 3.63) is 66.7 Å². The zero-order chi connectivity index (χ0) is 25.3. The molecule has 4 aromatic rings. The molecule has 0 aliphatic carbocycles. The fourth-order valence-electron chi connectivity index (χ4n) is 4.42.